The van der Waals surface area contributed by atoms with Gasteiger partial charge in [-0.05, 0) is 29.2 Å². The highest BCUT2D eigenvalue weighted by Gasteiger charge is 2.42. The van der Waals surface area contributed by atoms with Crippen LogP contribution in [0.2, 0.25) is 0 Å². The summed E-state index contributed by atoms with van der Waals surface area (Å²) in [5.74, 6) is 0.133. The average Bonchev–Trinajstić information content (AvgIpc) is 3.67. The van der Waals surface area contributed by atoms with Crippen LogP contribution in [0.3, 0.4) is 0 Å². The zero-order valence-electron chi connectivity index (χ0n) is 30.5. The fourth-order valence-corrected chi connectivity index (χ4v) is 7.56. The number of benzene rings is 5. The first kappa shape index (κ1) is 37.8. The van der Waals surface area contributed by atoms with Crippen molar-refractivity contribution in [2.24, 2.45) is 0 Å². The van der Waals surface area contributed by atoms with Crippen molar-refractivity contribution in [2.75, 3.05) is 5.75 Å². The van der Waals surface area contributed by atoms with Crippen LogP contribution < -0.4 is 5.32 Å². The normalized spacial score (nSPS) is 18.7. The minimum absolute atomic E-state index is 0.0551. The van der Waals surface area contributed by atoms with Gasteiger partial charge in [0.15, 0.2) is 18.2 Å². The maximum atomic E-state index is 12.4. The maximum Gasteiger partial charge on any atom is 0.303 e. The van der Waals surface area contributed by atoms with Crippen LogP contribution in [-0.2, 0) is 37.0 Å². The van der Waals surface area contributed by atoms with Gasteiger partial charge < -0.3 is 29.1 Å². The van der Waals surface area contributed by atoms with Gasteiger partial charge in [0, 0.05) is 41.8 Å². The van der Waals surface area contributed by atoms with E-state index in [4.69, 9.17) is 23.6 Å². The zero-order chi connectivity index (χ0) is 38.1. The predicted molar refractivity (Wildman–Crippen MR) is 211 cm³/mol. The van der Waals surface area contributed by atoms with E-state index in [0.717, 1.165) is 44.6 Å². The summed E-state index contributed by atoms with van der Waals surface area (Å²) in [4.78, 5) is 28.7. The lowest BCUT2D eigenvalue weighted by Crippen LogP contribution is -2.38. The van der Waals surface area contributed by atoms with Crippen molar-refractivity contribution in [3.8, 4) is 22.6 Å². The molecule has 1 aromatic heterocycles. The van der Waals surface area contributed by atoms with Gasteiger partial charge in [0.25, 0.3) is 11.1 Å². The van der Waals surface area contributed by atoms with Gasteiger partial charge in [0.1, 0.15) is 5.69 Å². The molecule has 1 aliphatic rings. The Bertz CT molecular complexity index is 2100. The summed E-state index contributed by atoms with van der Waals surface area (Å²) in [6, 6.07) is 45.8. The van der Waals surface area contributed by atoms with Gasteiger partial charge in [-0.25, -0.2) is 4.98 Å². The molecule has 0 aliphatic carbocycles. The fourth-order valence-electron chi connectivity index (χ4n) is 6.67. The van der Waals surface area contributed by atoms with Crippen molar-refractivity contribution in [3.63, 3.8) is 0 Å². The van der Waals surface area contributed by atoms with Crippen LogP contribution >= 0.6 is 11.8 Å². The molecule has 1 saturated heterocycles. The minimum Gasteiger partial charge on any atom is -0.453 e. The van der Waals surface area contributed by atoms with Crippen LogP contribution in [0.1, 0.15) is 60.0 Å². The Hall–Kier alpha value is -5.52. The SMILES string of the molecule is CC(=O)O[C@@H](C)C(=O)NCc1ccc(C2O[C@H](CSc3nc(-c4ccccc4)c(-c4ccccc4)o3)[C@@H](c3ccccc3)[C@H](c3ccc(CO)cc3)O2)cc1. The molecule has 1 fully saturated rings. The lowest BCUT2D eigenvalue weighted by Gasteiger charge is -2.43. The summed E-state index contributed by atoms with van der Waals surface area (Å²) in [5, 5.41) is 13.1. The second-order valence-corrected chi connectivity index (χ2v) is 14.3. The number of esters is 1. The molecular weight excluding hydrogens is 713 g/mol. The van der Waals surface area contributed by atoms with Crippen molar-refractivity contribution in [1.82, 2.24) is 10.3 Å². The van der Waals surface area contributed by atoms with Crippen LogP contribution in [0.25, 0.3) is 22.6 Å². The Morgan fingerprint density at radius 2 is 1.36 bits per heavy atom. The van der Waals surface area contributed by atoms with Gasteiger partial charge in [0.05, 0.1) is 18.8 Å². The van der Waals surface area contributed by atoms with Crippen molar-refractivity contribution < 1.29 is 33.3 Å². The molecule has 7 rings (SSSR count). The number of oxazole rings is 1. The van der Waals surface area contributed by atoms with E-state index >= 15 is 0 Å². The second kappa shape index (κ2) is 17.7. The van der Waals surface area contributed by atoms with Crippen LogP contribution in [0.15, 0.2) is 149 Å². The van der Waals surface area contributed by atoms with Crippen molar-refractivity contribution in [2.45, 2.75) is 62.7 Å². The number of carbonyl (C=O) groups is 2. The molecule has 55 heavy (non-hydrogen) atoms. The maximum absolute atomic E-state index is 12.4. The van der Waals surface area contributed by atoms with E-state index in [1.54, 1.807) is 0 Å². The van der Waals surface area contributed by atoms with E-state index < -0.39 is 24.5 Å². The monoisotopic (exact) mass is 754 g/mol. The molecule has 10 heteroatoms. The summed E-state index contributed by atoms with van der Waals surface area (Å²) < 4.78 is 25.3. The van der Waals surface area contributed by atoms with E-state index in [-0.39, 0.29) is 31.1 Å². The van der Waals surface area contributed by atoms with Gasteiger partial charge in [-0.2, -0.15) is 0 Å². The third-order valence-corrected chi connectivity index (χ3v) is 10.4. The average molecular weight is 755 g/mol. The van der Waals surface area contributed by atoms with Gasteiger partial charge in [0.2, 0.25) is 0 Å². The van der Waals surface area contributed by atoms with Crippen LogP contribution in [0, 0.1) is 0 Å². The van der Waals surface area contributed by atoms with E-state index in [0.29, 0.717) is 16.7 Å². The molecule has 5 aromatic carbocycles. The van der Waals surface area contributed by atoms with Crippen molar-refractivity contribution in [3.05, 3.63) is 167 Å². The van der Waals surface area contributed by atoms with E-state index in [9.17, 15) is 14.7 Å². The predicted octanol–water partition coefficient (Wildman–Crippen LogP) is 8.80. The molecule has 0 bridgehead atoms. The first-order valence-electron chi connectivity index (χ1n) is 18.2. The van der Waals surface area contributed by atoms with E-state index in [1.807, 2.05) is 127 Å². The number of nitrogens with zero attached hydrogens (tertiary/aromatic N) is 1. The Labute approximate surface area is 324 Å². The number of rotatable bonds is 13. The molecule has 0 spiro atoms. The Balaban J connectivity index is 1.19. The van der Waals surface area contributed by atoms with Gasteiger partial charge in [-0.15, -0.1) is 0 Å². The Morgan fingerprint density at radius 1 is 0.764 bits per heavy atom. The minimum atomic E-state index is -0.886. The number of aromatic nitrogens is 1. The highest BCUT2D eigenvalue weighted by atomic mass is 32.2. The van der Waals surface area contributed by atoms with Gasteiger partial charge >= 0.3 is 5.97 Å². The highest BCUT2D eigenvalue weighted by molar-refractivity contribution is 7.99. The quantitative estimate of drug-likeness (QED) is 0.0881. The summed E-state index contributed by atoms with van der Waals surface area (Å²) in [6.45, 7) is 3.02. The number of thioether (sulfide) groups is 1. The van der Waals surface area contributed by atoms with Gasteiger partial charge in [-0.1, -0.05) is 151 Å². The molecule has 2 N–H and O–H groups in total. The largest absolute Gasteiger partial charge is 0.453 e. The summed E-state index contributed by atoms with van der Waals surface area (Å²) in [6.07, 6.45) is -2.35. The molecule has 2 heterocycles. The van der Waals surface area contributed by atoms with Crippen LogP contribution in [0.4, 0.5) is 0 Å². The van der Waals surface area contributed by atoms with Crippen LogP contribution in [0.5, 0.6) is 0 Å². The standard InChI is InChI=1S/C45H42N2O7S/c1-29(51-30(2)49)43(50)46-26-31-18-24-37(25-19-31)44-52-38(39(33-12-6-3-7-13-33)41(53-44)36-22-20-32(27-48)21-23-36)28-55-45-47-40(34-14-8-4-9-15-34)42(54-45)35-16-10-5-11-17-35/h3-25,29,38-39,41,44,48H,26-28H2,1-2H3,(H,46,50)/t29-,38+,39+,41-,44?/m0/s1. The fraction of sp³-hybridized carbons (Fsp3) is 0.222. The lowest BCUT2D eigenvalue weighted by molar-refractivity contribution is -0.255. The van der Waals surface area contributed by atoms with Crippen molar-refractivity contribution in [1.29, 1.82) is 0 Å². The first-order valence-corrected chi connectivity index (χ1v) is 19.2. The number of ether oxygens (including phenoxy) is 3. The third-order valence-electron chi connectivity index (χ3n) is 9.46. The Morgan fingerprint density at radius 3 is 2.00 bits per heavy atom. The van der Waals surface area contributed by atoms with Crippen molar-refractivity contribution >= 4 is 23.6 Å². The summed E-state index contributed by atoms with van der Waals surface area (Å²) in [5.41, 5.74) is 7.21. The van der Waals surface area contributed by atoms with Crippen LogP contribution in [-0.4, -0.2) is 39.9 Å². The van der Waals surface area contributed by atoms with E-state index in [1.165, 1.54) is 25.6 Å². The number of amides is 1. The highest BCUT2D eigenvalue weighted by Crippen LogP contribution is 2.48. The molecule has 9 nitrogen and oxygen atoms in total. The topological polar surface area (TPSA) is 120 Å². The molecular formula is C45H42N2O7S. The lowest BCUT2D eigenvalue weighted by atomic mass is 9.84. The summed E-state index contributed by atoms with van der Waals surface area (Å²) in [7, 11) is 0. The number of aliphatic hydroxyl groups is 1. The molecule has 280 valence electrons. The molecule has 1 unspecified atom stereocenters. The molecule has 0 radical (unpaired) electrons. The number of hydrogen-bond donors (Lipinski definition) is 2. The molecule has 1 amide bonds. The smallest absolute Gasteiger partial charge is 0.303 e. The third kappa shape index (κ3) is 9.24. The van der Waals surface area contributed by atoms with Gasteiger partial charge in [-0.3, -0.25) is 9.59 Å². The number of aliphatic hydroxyl groups excluding tert-OH is 1. The van der Waals surface area contributed by atoms with E-state index in [2.05, 4.69) is 17.4 Å². The molecule has 1 aliphatic heterocycles. The Kier molecular flexibility index (Phi) is 12.2. The number of hydrogen-bond acceptors (Lipinski definition) is 9. The molecule has 5 atom stereocenters. The number of carbonyl (C=O) groups excluding carboxylic acids is 2. The zero-order valence-corrected chi connectivity index (χ0v) is 31.4. The first-order chi connectivity index (χ1) is 26.9. The summed E-state index contributed by atoms with van der Waals surface area (Å²) >= 11 is 1.50. The second-order valence-electron chi connectivity index (χ2n) is 13.3. The number of nitrogens with one attached hydrogen (secondary N) is 1. The molecule has 6 aromatic rings. The molecule has 0 saturated carbocycles.